The first-order valence-electron chi connectivity index (χ1n) is 9.08. The van der Waals surface area contributed by atoms with E-state index in [1.807, 2.05) is 0 Å². The van der Waals surface area contributed by atoms with Gasteiger partial charge in [0.1, 0.15) is 5.82 Å². The van der Waals surface area contributed by atoms with E-state index in [0.717, 1.165) is 9.15 Å². The maximum Gasteiger partial charge on any atom is 0.346 e. The molecular weight excluding hydrogens is 552 g/mol. The monoisotopic (exact) mass is 566 g/mol. The lowest BCUT2D eigenvalue weighted by Crippen LogP contribution is -2.25. The van der Waals surface area contributed by atoms with Gasteiger partial charge >= 0.3 is 11.7 Å². The molecule has 12 heteroatoms. The van der Waals surface area contributed by atoms with Gasteiger partial charge in [0, 0.05) is 16.1 Å². The fourth-order valence-electron chi connectivity index (χ4n) is 2.84. The number of nitro benzene ring substituents is 1. The van der Waals surface area contributed by atoms with Gasteiger partial charge in [-0.05, 0) is 54.0 Å². The lowest BCUT2D eigenvalue weighted by atomic mass is 10.2. The number of halogens is 2. The van der Waals surface area contributed by atoms with E-state index in [-0.39, 0.29) is 21.5 Å². The first-order valence-corrected chi connectivity index (χ1v) is 10.7. The maximum atomic E-state index is 12.8. The van der Waals surface area contributed by atoms with Crippen molar-refractivity contribution in [2.75, 3.05) is 7.11 Å². The van der Waals surface area contributed by atoms with Crippen LogP contribution >= 0.6 is 31.9 Å². The Morgan fingerprint density at radius 3 is 2.69 bits per heavy atom. The minimum absolute atomic E-state index is 0.129. The van der Waals surface area contributed by atoms with Crippen LogP contribution in [0.15, 0.2) is 49.2 Å². The third-order valence-electron chi connectivity index (χ3n) is 4.36. The summed E-state index contributed by atoms with van der Waals surface area (Å²) in [5.74, 6) is -0.459. The average molecular weight is 568 g/mol. The third kappa shape index (κ3) is 4.86. The number of nitrogens with zero attached hydrogens (tertiary/aromatic N) is 4. The molecule has 0 saturated heterocycles. The predicted octanol–water partition coefficient (Wildman–Crippen LogP) is 3.96. The van der Waals surface area contributed by atoms with Gasteiger partial charge in [-0.15, -0.1) is 0 Å². The lowest BCUT2D eigenvalue weighted by Gasteiger charge is -2.14. The van der Waals surface area contributed by atoms with E-state index in [9.17, 15) is 19.7 Å². The molecule has 3 rings (SSSR count). The molecule has 0 aliphatic rings. The number of aryl methyl sites for hydroxylation is 1. The summed E-state index contributed by atoms with van der Waals surface area (Å²) >= 11 is 6.56. The van der Waals surface area contributed by atoms with Crippen molar-refractivity contribution in [3.05, 3.63) is 71.1 Å². The molecule has 3 aromatic rings. The second kappa shape index (κ2) is 9.57. The normalized spacial score (nSPS) is 12.2. The Balaban J connectivity index is 2.04. The summed E-state index contributed by atoms with van der Waals surface area (Å²) in [6.45, 7) is 3.04. The number of ether oxygens (including phenoxy) is 2. The summed E-state index contributed by atoms with van der Waals surface area (Å²) < 4.78 is 12.1. The van der Waals surface area contributed by atoms with Gasteiger partial charge in [-0.3, -0.25) is 14.9 Å². The summed E-state index contributed by atoms with van der Waals surface area (Å²) in [5.41, 5.74) is 0.0794. The summed E-state index contributed by atoms with van der Waals surface area (Å²) in [7, 11) is 1.19. The van der Waals surface area contributed by atoms with E-state index >= 15 is 0 Å². The quantitative estimate of drug-likeness (QED) is 0.191. The van der Waals surface area contributed by atoms with Gasteiger partial charge in [0.2, 0.25) is 5.75 Å². The van der Waals surface area contributed by atoms with Gasteiger partial charge in [-0.25, -0.2) is 9.78 Å². The van der Waals surface area contributed by atoms with Crippen molar-refractivity contribution in [2.24, 2.45) is 5.10 Å². The highest BCUT2D eigenvalue weighted by molar-refractivity contribution is 9.10. The molecule has 1 aromatic heterocycles. The number of rotatable bonds is 6. The molecule has 0 radical (unpaired) electrons. The van der Waals surface area contributed by atoms with Gasteiger partial charge in [0.15, 0.2) is 6.10 Å². The van der Waals surface area contributed by atoms with Crippen molar-refractivity contribution in [3.8, 4) is 5.75 Å². The minimum atomic E-state index is -1.06. The molecule has 2 aromatic carbocycles. The minimum Gasteiger partial charge on any atom is -0.471 e. The van der Waals surface area contributed by atoms with Crippen LogP contribution in [0.1, 0.15) is 18.3 Å². The molecule has 0 aliphatic heterocycles. The number of nitro groups is 1. The van der Waals surface area contributed by atoms with Crippen LogP contribution in [-0.2, 0) is 9.53 Å². The molecule has 0 aliphatic carbocycles. The summed E-state index contributed by atoms with van der Waals surface area (Å²) in [6, 6.07) is 7.88. The molecule has 10 nitrogen and oxygen atoms in total. The molecule has 0 bridgehead atoms. The van der Waals surface area contributed by atoms with Gasteiger partial charge in [0.25, 0.3) is 5.56 Å². The Bertz CT molecular complexity index is 1320. The Morgan fingerprint density at radius 1 is 1.31 bits per heavy atom. The Kier molecular flexibility index (Phi) is 7.04. The second-order valence-corrected chi connectivity index (χ2v) is 8.34. The van der Waals surface area contributed by atoms with Crippen molar-refractivity contribution < 1.29 is 19.2 Å². The topological polar surface area (TPSA) is 126 Å². The fraction of sp³-hybridized carbons (Fsp3) is 0.200. The van der Waals surface area contributed by atoms with E-state index in [0.29, 0.717) is 22.3 Å². The summed E-state index contributed by atoms with van der Waals surface area (Å²) in [5, 5.41) is 16.1. The highest BCUT2D eigenvalue weighted by Crippen LogP contribution is 2.37. The number of carbonyl (C=O) groups excluding carboxylic acids is 1. The van der Waals surface area contributed by atoms with E-state index < -0.39 is 17.0 Å². The number of aromatic nitrogens is 2. The zero-order valence-electron chi connectivity index (χ0n) is 17.0. The van der Waals surface area contributed by atoms with Crippen molar-refractivity contribution in [1.82, 2.24) is 9.66 Å². The van der Waals surface area contributed by atoms with Gasteiger partial charge in [-0.2, -0.15) is 9.78 Å². The molecule has 1 heterocycles. The molecule has 0 unspecified atom stereocenters. The highest BCUT2D eigenvalue weighted by atomic mass is 79.9. The van der Waals surface area contributed by atoms with Crippen LogP contribution in [-0.4, -0.2) is 40.0 Å². The molecule has 166 valence electrons. The van der Waals surface area contributed by atoms with Crippen LogP contribution in [0, 0.1) is 17.0 Å². The first kappa shape index (κ1) is 23.5. The van der Waals surface area contributed by atoms with Gasteiger partial charge in [-0.1, -0.05) is 15.9 Å². The zero-order chi connectivity index (χ0) is 23.6. The van der Waals surface area contributed by atoms with Crippen molar-refractivity contribution >= 4 is 60.6 Å². The van der Waals surface area contributed by atoms with E-state index in [2.05, 4.69) is 46.7 Å². The van der Waals surface area contributed by atoms with Crippen molar-refractivity contribution in [2.45, 2.75) is 20.0 Å². The number of methoxy groups -OCH3 is 1. The number of hydrogen-bond donors (Lipinski definition) is 0. The van der Waals surface area contributed by atoms with Crippen LogP contribution in [0.4, 0.5) is 5.69 Å². The predicted molar refractivity (Wildman–Crippen MR) is 124 cm³/mol. The van der Waals surface area contributed by atoms with E-state index in [1.54, 1.807) is 25.1 Å². The Labute approximate surface area is 198 Å². The number of esters is 1. The standard InChI is InChI=1S/C20H16Br2N4O6/c1-10(20(28)31-3)32-18-15(22)6-12(7-17(18)26(29)30)9-23-25-11(2)24-16-5-4-13(21)8-14(16)19(25)27/h4-10H,1-3H3/t10-/m0/s1. The fourth-order valence-corrected chi connectivity index (χ4v) is 3.76. The lowest BCUT2D eigenvalue weighted by molar-refractivity contribution is -0.386. The largest absolute Gasteiger partial charge is 0.471 e. The molecule has 0 amide bonds. The van der Waals surface area contributed by atoms with Crippen LogP contribution in [0.25, 0.3) is 10.9 Å². The third-order valence-corrected chi connectivity index (χ3v) is 5.45. The van der Waals surface area contributed by atoms with Crippen molar-refractivity contribution in [1.29, 1.82) is 0 Å². The molecule has 32 heavy (non-hydrogen) atoms. The summed E-state index contributed by atoms with van der Waals surface area (Å²) in [6.07, 6.45) is 0.240. The molecule has 1 atom stereocenters. The van der Waals surface area contributed by atoms with Crippen LogP contribution in [0.5, 0.6) is 5.75 Å². The molecule has 0 spiro atoms. The molecular formula is C20H16Br2N4O6. The number of carbonyl (C=O) groups is 1. The van der Waals surface area contributed by atoms with Crippen molar-refractivity contribution in [3.63, 3.8) is 0 Å². The average Bonchev–Trinajstić information content (AvgIpc) is 2.74. The molecule has 0 saturated carbocycles. The Morgan fingerprint density at radius 2 is 2.03 bits per heavy atom. The SMILES string of the molecule is COC(=O)[C@H](C)Oc1c(Br)cc(C=Nn2c(C)nc3ccc(Br)cc3c2=O)cc1[N+](=O)[O-]. The summed E-state index contributed by atoms with van der Waals surface area (Å²) in [4.78, 5) is 39.8. The molecule has 0 N–H and O–H groups in total. The smallest absolute Gasteiger partial charge is 0.346 e. The van der Waals surface area contributed by atoms with Gasteiger partial charge < -0.3 is 9.47 Å². The van der Waals surface area contributed by atoms with Crippen LogP contribution in [0.2, 0.25) is 0 Å². The van der Waals surface area contributed by atoms with Crippen LogP contribution < -0.4 is 10.3 Å². The zero-order valence-corrected chi connectivity index (χ0v) is 20.2. The number of hydrogen-bond acceptors (Lipinski definition) is 8. The van der Waals surface area contributed by atoms with Gasteiger partial charge in [0.05, 0.1) is 33.6 Å². The number of benzene rings is 2. The van der Waals surface area contributed by atoms with E-state index in [4.69, 9.17) is 4.74 Å². The Hall–Kier alpha value is -3.12. The first-order chi connectivity index (χ1) is 15.1. The highest BCUT2D eigenvalue weighted by Gasteiger charge is 2.25. The second-order valence-electron chi connectivity index (χ2n) is 6.57. The van der Waals surface area contributed by atoms with E-state index in [1.165, 1.54) is 32.4 Å². The molecule has 0 fully saturated rings. The van der Waals surface area contributed by atoms with Crippen LogP contribution in [0.3, 0.4) is 0 Å². The number of fused-ring (bicyclic) bond motifs is 1. The maximum absolute atomic E-state index is 12.8.